The Morgan fingerprint density at radius 1 is 1.26 bits per heavy atom. The molecule has 4 nitrogen and oxygen atoms in total. The first kappa shape index (κ1) is 13.3. The van der Waals surface area contributed by atoms with Gasteiger partial charge < -0.3 is 4.74 Å². The number of non-ortho nitro benzene ring substituents is 1. The number of rotatable bonds is 4. The molecule has 0 heterocycles. The van der Waals surface area contributed by atoms with E-state index < -0.39 is 10.7 Å². The lowest BCUT2D eigenvalue weighted by molar-refractivity contribution is -0.385. The number of hydrogen-bond acceptors (Lipinski definition) is 3. The average Bonchev–Trinajstić information content (AvgIpc) is 2.36. The molecule has 2 aromatic rings. The molecule has 0 spiro atoms. The predicted molar refractivity (Wildman–Crippen MR) is 68.8 cm³/mol. The van der Waals surface area contributed by atoms with Gasteiger partial charge in [0.25, 0.3) is 5.69 Å². The van der Waals surface area contributed by atoms with Gasteiger partial charge in [-0.05, 0) is 29.8 Å². The van der Waals surface area contributed by atoms with Crippen LogP contribution in [0.4, 0.5) is 10.1 Å². The molecule has 0 aliphatic rings. The second-order valence-electron chi connectivity index (χ2n) is 3.82. The van der Waals surface area contributed by atoms with Crippen LogP contribution in [-0.2, 0) is 6.61 Å². The van der Waals surface area contributed by atoms with E-state index in [2.05, 4.69) is 0 Å². The number of nitro benzene ring substituents is 1. The van der Waals surface area contributed by atoms with Gasteiger partial charge in [-0.25, -0.2) is 4.39 Å². The summed E-state index contributed by atoms with van der Waals surface area (Å²) in [5.74, 6) is -0.154. The Morgan fingerprint density at radius 2 is 2.05 bits per heavy atom. The van der Waals surface area contributed by atoms with Crippen LogP contribution < -0.4 is 4.74 Å². The zero-order valence-corrected chi connectivity index (χ0v) is 10.4. The molecule has 0 unspecified atom stereocenters. The fourth-order valence-electron chi connectivity index (χ4n) is 1.55. The largest absolute Gasteiger partial charge is 0.489 e. The van der Waals surface area contributed by atoms with E-state index in [1.807, 2.05) is 0 Å². The van der Waals surface area contributed by atoms with E-state index in [1.165, 1.54) is 12.1 Å². The Hall–Kier alpha value is -2.14. The Labute approximate surface area is 113 Å². The minimum atomic E-state index is -0.668. The average molecular weight is 282 g/mol. The first-order chi connectivity index (χ1) is 9.04. The Bertz CT molecular complexity index is 619. The molecule has 0 saturated heterocycles. The molecule has 0 N–H and O–H groups in total. The predicted octanol–water partition coefficient (Wildman–Crippen LogP) is 3.97. The van der Waals surface area contributed by atoms with Gasteiger partial charge in [0.05, 0.1) is 11.0 Å². The summed E-state index contributed by atoms with van der Waals surface area (Å²) in [6, 6.07) is 10.0. The first-order valence-corrected chi connectivity index (χ1v) is 5.74. The Balaban J connectivity index is 2.13. The molecule has 19 heavy (non-hydrogen) atoms. The highest BCUT2D eigenvalue weighted by atomic mass is 35.5. The number of nitro groups is 1. The summed E-state index contributed by atoms with van der Waals surface area (Å²) in [5, 5.41) is 11.1. The Morgan fingerprint density at radius 3 is 2.74 bits per heavy atom. The van der Waals surface area contributed by atoms with Crippen molar-refractivity contribution < 1.29 is 14.1 Å². The lowest BCUT2D eigenvalue weighted by atomic mass is 10.2. The molecular weight excluding hydrogens is 273 g/mol. The molecule has 0 bridgehead atoms. The van der Waals surface area contributed by atoms with E-state index >= 15 is 0 Å². The van der Waals surface area contributed by atoms with Gasteiger partial charge in [-0.15, -0.1) is 0 Å². The van der Waals surface area contributed by atoms with Crippen molar-refractivity contribution in [3.05, 3.63) is 69.0 Å². The summed E-state index contributed by atoms with van der Waals surface area (Å²) >= 11 is 5.79. The second kappa shape index (κ2) is 5.67. The van der Waals surface area contributed by atoms with Crippen LogP contribution in [0, 0.1) is 15.9 Å². The standard InChI is InChI=1S/C13H9ClFNO3/c14-10-2-1-3-13(6-10)19-8-9-4-11(15)7-12(5-9)16(17)18/h1-7H,8H2. The molecule has 0 aliphatic carbocycles. The monoisotopic (exact) mass is 281 g/mol. The maximum absolute atomic E-state index is 13.2. The minimum absolute atomic E-state index is 0.0267. The summed E-state index contributed by atoms with van der Waals surface area (Å²) < 4.78 is 18.6. The van der Waals surface area contributed by atoms with Crippen LogP contribution in [-0.4, -0.2) is 4.92 Å². The fraction of sp³-hybridized carbons (Fsp3) is 0.0769. The van der Waals surface area contributed by atoms with Crippen molar-refractivity contribution in [2.24, 2.45) is 0 Å². The summed E-state index contributed by atoms with van der Waals surface area (Å²) in [5.41, 5.74) is 0.0800. The molecule has 6 heteroatoms. The molecule has 0 fully saturated rings. The normalized spacial score (nSPS) is 10.2. The van der Waals surface area contributed by atoms with Crippen molar-refractivity contribution in [3.8, 4) is 5.75 Å². The lowest BCUT2D eigenvalue weighted by Crippen LogP contribution is -1.98. The molecule has 2 aromatic carbocycles. The van der Waals surface area contributed by atoms with E-state index in [-0.39, 0.29) is 12.3 Å². The summed E-state index contributed by atoms with van der Waals surface area (Å²) in [7, 11) is 0. The van der Waals surface area contributed by atoms with Crippen molar-refractivity contribution in [2.75, 3.05) is 0 Å². The SMILES string of the molecule is O=[N+]([O-])c1cc(F)cc(COc2cccc(Cl)c2)c1. The van der Waals surface area contributed by atoms with E-state index in [4.69, 9.17) is 16.3 Å². The maximum Gasteiger partial charge on any atom is 0.272 e. The van der Waals surface area contributed by atoms with Crippen LogP contribution in [0.1, 0.15) is 5.56 Å². The van der Waals surface area contributed by atoms with Gasteiger partial charge in [0, 0.05) is 11.1 Å². The minimum Gasteiger partial charge on any atom is -0.489 e. The lowest BCUT2D eigenvalue weighted by Gasteiger charge is -2.06. The highest BCUT2D eigenvalue weighted by molar-refractivity contribution is 6.30. The molecule has 0 aromatic heterocycles. The summed E-state index contributed by atoms with van der Waals surface area (Å²) in [6.07, 6.45) is 0. The highest BCUT2D eigenvalue weighted by Crippen LogP contribution is 2.20. The fourth-order valence-corrected chi connectivity index (χ4v) is 1.73. The van der Waals surface area contributed by atoms with Gasteiger partial charge in [-0.1, -0.05) is 17.7 Å². The van der Waals surface area contributed by atoms with Crippen molar-refractivity contribution in [1.82, 2.24) is 0 Å². The first-order valence-electron chi connectivity index (χ1n) is 5.37. The van der Waals surface area contributed by atoms with Gasteiger partial charge in [0.15, 0.2) is 0 Å². The third-order valence-electron chi connectivity index (χ3n) is 2.35. The number of nitrogens with zero attached hydrogens (tertiary/aromatic N) is 1. The van der Waals surface area contributed by atoms with Gasteiger partial charge in [0.2, 0.25) is 0 Å². The van der Waals surface area contributed by atoms with Crippen LogP contribution in [0.25, 0.3) is 0 Å². The maximum atomic E-state index is 13.2. The van der Waals surface area contributed by atoms with E-state index in [1.54, 1.807) is 24.3 Å². The number of halogens is 2. The van der Waals surface area contributed by atoms with Gasteiger partial charge >= 0.3 is 0 Å². The van der Waals surface area contributed by atoms with Crippen LogP contribution in [0.15, 0.2) is 42.5 Å². The molecular formula is C13H9ClFNO3. The topological polar surface area (TPSA) is 52.4 Å². The molecule has 0 atom stereocenters. The molecule has 0 amide bonds. The highest BCUT2D eigenvalue weighted by Gasteiger charge is 2.10. The summed E-state index contributed by atoms with van der Waals surface area (Å²) in [6.45, 7) is 0.0267. The molecule has 0 radical (unpaired) electrons. The molecule has 0 saturated carbocycles. The quantitative estimate of drug-likeness (QED) is 0.629. The summed E-state index contributed by atoms with van der Waals surface area (Å²) in [4.78, 5) is 9.96. The molecule has 2 rings (SSSR count). The second-order valence-corrected chi connectivity index (χ2v) is 4.26. The van der Waals surface area contributed by atoms with Crippen molar-refractivity contribution >= 4 is 17.3 Å². The zero-order valence-electron chi connectivity index (χ0n) is 9.68. The van der Waals surface area contributed by atoms with Crippen LogP contribution in [0.3, 0.4) is 0 Å². The van der Waals surface area contributed by atoms with Crippen LogP contribution in [0.2, 0.25) is 5.02 Å². The van der Waals surface area contributed by atoms with E-state index in [0.717, 1.165) is 6.07 Å². The van der Waals surface area contributed by atoms with Crippen molar-refractivity contribution in [1.29, 1.82) is 0 Å². The number of benzene rings is 2. The molecule has 0 aliphatic heterocycles. The number of hydrogen-bond donors (Lipinski definition) is 0. The van der Waals surface area contributed by atoms with E-state index in [9.17, 15) is 14.5 Å². The van der Waals surface area contributed by atoms with E-state index in [0.29, 0.717) is 16.3 Å². The van der Waals surface area contributed by atoms with Crippen molar-refractivity contribution in [2.45, 2.75) is 6.61 Å². The third-order valence-corrected chi connectivity index (χ3v) is 2.59. The Kier molecular flexibility index (Phi) is 3.97. The van der Waals surface area contributed by atoms with Crippen LogP contribution in [0.5, 0.6) is 5.75 Å². The van der Waals surface area contributed by atoms with Gasteiger partial charge in [-0.3, -0.25) is 10.1 Å². The van der Waals surface area contributed by atoms with Crippen molar-refractivity contribution in [3.63, 3.8) is 0 Å². The van der Waals surface area contributed by atoms with Gasteiger partial charge in [0.1, 0.15) is 18.2 Å². The van der Waals surface area contributed by atoms with Crippen LogP contribution >= 0.6 is 11.6 Å². The number of ether oxygens (including phenoxy) is 1. The van der Waals surface area contributed by atoms with Gasteiger partial charge in [-0.2, -0.15) is 0 Å². The molecule has 98 valence electrons. The zero-order chi connectivity index (χ0) is 13.8. The third kappa shape index (κ3) is 3.66. The smallest absolute Gasteiger partial charge is 0.272 e.